The Hall–Kier alpha value is -0.380. The van der Waals surface area contributed by atoms with Crippen LogP contribution in [0, 0.1) is 13.8 Å². The zero-order chi connectivity index (χ0) is 12.2. The van der Waals surface area contributed by atoms with Gasteiger partial charge in [-0.3, -0.25) is 0 Å². The second-order valence-corrected chi connectivity index (χ2v) is 6.18. The fourth-order valence-electron chi connectivity index (χ4n) is 1.44. The molecule has 0 amide bonds. The van der Waals surface area contributed by atoms with E-state index in [9.17, 15) is 0 Å². The third-order valence-electron chi connectivity index (χ3n) is 2.97. The van der Waals surface area contributed by atoms with Crippen LogP contribution in [0.5, 0.6) is 0 Å². The summed E-state index contributed by atoms with van der Waals surface area (Å²) < 4.78 is 5.38. The van der Waals surface area contributed by atoms with Crippen LogP contribution >= 0.6 is 11.3 Å². The van der Waals surface area contributed by atoms with Gasteiger partial charge in [0.15, 0.2) is 0 Å². The molecule has 1 rings (SSSR count). The van der Waals surface area contributed by atoms with E-state index in [2.05, 4.69) is 39.1 Å². The number of thiophene rings is 1. The summed E-state index contributed by atoms with van der Waals surface area (Å²) in [5.41, 5.74) is 1.38. The summed E-state index contributed by atoms with van der Waals surface area (Å²) in [5.74, 6) is 0. The molecule has 0 aromatic carbocycles. The number of rotatable bonds is 6. The first kappa shape index (κ1) is 13.7. The summed E-state index contributed by atoms with van der Waals surface area (Å²) in [7, 11) is 1.77. The lowest BCUT2D eigenvalue weighted by atomic mass is 10.1. The summed E-state index contributed by atoms with van der Waals surface area (Å²) in [6.45, 7) is 10.6. The predicted octanol–water partition coefficient (Wildman–Crippen LogP) is 3.27. The number of hydrogen-bond donors (Lipinski definition) is 1. The molecule has 0 spiro atoms. The van der Waals surface area contributed by atoms with Crippen molar-refractivity contribution in [3.8, 4) is 0 Å². The van der Waals surface area contributed by atoms with Crippen molar-refractivity contribution in [3.63, 3.8) is 0 Å². The molecule has 0 unspecified atom stereocenters. The van der Waals surface area contributed by atoms with E-state index in [1.807, 2.05) is 11.3 Å². The van der Waals surface area contributed by atoms with Gasteiger partial charge in [0.25, 0.3) is 0 Å². The summed E-state index contributed by atoms with van der Waals surface area (Å²) in [4.78, 5) is 2.85. The van der Waals surface area contributed by atoms with Gasteiger partial charge in [-0.25, -0.2) is 0 Å². The third kappa shape index (κ3) is 4.24. The van der Waals surface area contributed by atoms with Crippen LogP contribution in [0.15, 0.2) is 6.07 Å². The lowest BCUT2D eigenvalue weighted by Gasteiger charge is -2.22. The molecule has 2 nitrogen and oxygen atoms in total. The zero-order valence-electron chi connectivity index (χ0n) is 11.0. The molecule has 16 heavy (non-hydrogen) atoms. The molecule has 0 radical (unpaired) electrons. The Morgan fingerprint density at radius 2 is 2.06 bits per heavy atom. The van der Waals surface area contributed by atoms with E-state index in [-0.39, 0.29) is 5.60 Å². The first-order valence-corrected chi connectivity index (χ1v) is 6.58. The van der Waals surface area contributed by atoms with Crippen molar-refractivity contribution in [2.24, 2.45) is 0 Å². The van der Waals surface area contributed by atoms with Crippen molar-refractivity contribution in [3.05, 3.63) is 21.4 Å². The molecule has 0 aliphatic carbocycles. The maximum atomic E-state index is 5.38. The number of hydrogen-bond acceptors (Lipinski definition) is 3. The predicted molar refractivity (Wildman–Crippen MR) is 71.2 cm³/mol. The first-order valence-electron chi connectivity index (χ1n) is 5.76. The Bertz CT molecular complexity index is 311. The van der Waals surface area contributed by atoms with E-state index >= 15 is 0 Å². The molecule has 1 aromatic rings. The van der Waals surface area contributed by atoms with Gasteiger partial charge >= 0.3 is 0 Å². The van der Waals surface area contributed by atoms with Crippen molar-refractivity contribution in [1.29, 1.82) is 0 Å². The summed E-state index contributed by atoms with van der Waals surface area (Å²) in [6.07, 6.45) is 1.03. The monoisotopic (exact) mass is 241 g/mol. The van der Waals surface area contributed by atoms with E-state index in [1.54, 1.807) is 7.11 Å². The van der Waals surface area contributed by atoms with Crippen LogP contribution in [0.25, 0.3) is 0 Å². The van der Waals surface area contributed by atoms with Crippen LogP contribution in [0.4, 0.5) is 0 Å². The maximum absolute atomic E-state index is 5.38. The van der Waals surface area contributed by atoms with Gasteiger partial charge in [-0.05, 0) is 52.3 Å². The summed E-state index contributed by atoms with van der Waals surface area (Å²) in [5, 5.41) is 3.46. The molecule has 1 aromatic heterocycles. The molecule has 0 fully saturated rings. The van der Waals surface area contributed by atoms with Crippen LogP contribution < -0.4 is 5.32 Å². The standard InChI is InChI=1S/C13H23NOS/c1-10-8-12(16-11(10)2)9-14-7-6-13(3,4)15-5/h8,14H,6-7,9H2,1-5H3. The zero-order valence-corrected chi connectivity index (χ0v) is 11.8. The normalized spacial score (nSPS) is 12.1. The van der Waals surface area contributed by atoms with Crippen molar-refractivity contribution in [2.75, 3.05) is 13.7 Å². The van der Waals surface area contributed by atoms with Gasteiger partial charge in [-0.15, -0.1) is 11.3 Å². The van der Waals surface area contributed by atoms with Gasteiger partial charge in [0, 0.05) is 23.4 Å². The largest absolute Gasteiger partial charge is 0.379 e. The minimum Gasteiger partial charge on any atom is -0.379 e. The van der Waals surface area contributed by atoms with E-state index < -0.39 is 0 Å². The third-order valence-corrected chi connectivity index (χ3v) is 4.13. The Labute approximate surface area is 103 Å². The summed E-state index contributed by atoms with van der Waals surface area (Å²) >= 11 is 1.88. The molecular formula is C13H23NOS. The molecule has 0 bridgehead atoms. The maximum Gasteiger partial charge on any atom is 0.0634 e. The van der Waals surface area contributed by atoms with Crippen LogP contribution in [-0.4, -0.2) is 19.3 Å². The second kappa shape index (κ2) is 5.80. The molecule has 0 aliphatic rings. The minimum absolute atomic E-state index is 0.0196. The highest BCUT2D eigenvalue weighted by Gasteiger charge is 2.14. The van der Waals surface area contributed by atoms with E-state index in [0.29, 0.717) is 0 Å². The van der Waals surface area contributed by atoms with Gasteiger partial charge in [0.2, 0.25) is 0 Å². The molecule has 0 saturated heterocycles. The van der Waals surface area contributed by atoms with Gasteiger partial charge in [0.1, 0.15) is 0 Å². The van der Waals surface area contributed by atoms with Crippen LogP contribution in [-0.2, 0) is 11.3 Å². The highest BCUT2D eigenvalue weighted by Crippen LogP contribution is 2.20. The molecule has 3 heteroatoms. The average Bonchev–Trinajstić information content (AvgIpc) is 2.54. The second-order valence-electron chi connectivity index (χ2n) is 4.84. The van der Waals surface area contributed by atoms with Crippen molar-refractivity contribution >= 4 is 11.3 Å². The fraction of sp³-hybridized carbons (Fsp3) is 0.692. The van der Waals surface area contributed by atoms with Crippen LogP contribution in [0.3, 0.4) is 0 Å². The molecule has 1 heterocycles. The lowest BCUT2D eigenvalue weighted by Crippen LogP contribution is -2.28. The lowest BCUT2D eigenvalue weighted by molar-refractivity contribution is 0.0158. The van der Waals surface area contributed by atoms with E-state index in [1.165, 1.54) is 15.3 Å². The fourth-order valence-corrected chi connectivity index (χ4v) is 2.46. The quantitative estimate of drug-likeness (QED) is 0.772. The Balaban J connectivity index is 2.26. The van der Waals surface area contributed by atoms with Crippen LogP contribution in [0.2, 0.25) is 0 Å². The highest BCUT2D eigenvalue weighted by molar-refractivity contribution is 7.12. The SMILES string of the molecule is COC(C)(C)CCNCc1cc(C)c(C)s1. The average molecular weight is 241 g/mol. The molecular weight excluding hydrogens is 218 g/mol. The number of aryl methyl sites for hydroxylation is 2. The van der Waals surface area contributed by atoms with Gasteiger partial charge < -0.3 is 10.1 Å². The summed E-state index contributed by atoms with van der Waals surface area (Å²) in [6, 6.07) is 2.27. The number of methoxy groups -OCH3 is 1. The highest BCUT2D eigenvalue weighted by atomic mass is 32.1. The molecule has 92 valence electrons. The molecule has 0 saturated carbocycles. The van der Waals surface area contributed by atoms with E-state index in [0.717, 1.165) is 19.5 Å². The van der Waals surface area contributed by atoms with Crippen molar-refractivity contribution < 1.29 is 4.74 Å². The number of nitrogens with one attached hydrogen (secondary N) is 1. The molecule has 0 atom stereocenters. The number of ether oxygens (including phenoxy) is 1. The molecule has 0 aliphatic heterocycles. The minimum atomic E-state index is -0.0196. The van der Waals surface area contributed by atoms with Gasteiger partial charge in [-0.1, -0.05) is 0 Å². The Kier molecular flexibility index (Phi) is 4.96. The topological polar surface area (TPSA) is 21.3 Å². The van der Waals surface area contributed by atoms with Crippen molar-refractivity contribution in [2.45, 2.75) is 46.3 Å². The first-order chi connectivity index (χ1) is 7.44. The Morgan fingerprint density at radius 1 is 1.38 bits per heavy atom. The molecule has 1 N–H and O–H groups in total. The van der Waals surface area contributed by atoms with Gasteiger partial charge in [0.05, 0.1) is 5.60 Å². The Morgan fingerprint density at radius 3 is 2.56 bits per heavy atom. The van der Waals surface area contributed by atoms with Crippen molar-refractivity contribution in [1.82, 2.24) is 5.32 Å². The van der Waals surface area contributed by atoms with Crippen LogP contribution in [0.1, 0.15) is 35.6 Å². The smallest absolute Gasteiger partial charge is 0.0634 e. The van der Waals surface area contributed by atoms with E-state index in [4.69, 9.17) is 4.74 Å². The van der Waals surface area contributed by atoms with Gasteiger partial charge in [-0.2, -0.15) is 0 Å².